The molecule has 1 aromatic heterocycles. The minimum absolute atomic E-state index is 0.174. The number of halogens is 1. The van der Waals surface area contributed by atoms with Crippen LogP contribution in [0.1, 0.15) is 37.4 Å². The van der Waals surface area contributed by atoms with Crippen LogP contribution in [-0.2, 0) is 11.3 Å². The fourth-order valence-electron chi connectivity index (χ4n) is 4.23. The van der Waals surface area contributed by atoms with Crippen LogP contribution in [0.4, 0.5) is 0 Å². The van der Waals surface area contributed by atoms with Crippen molar-refractivity contribution < 1.29 is 9.53 Å². The zero-order chi connectivity index (χ0) is 19.8. The van der Waals surface area contributed by atoms with E-state index in [0.29, 0.717) is 24.1 Å². The van der Waals surface area contributed by atoms with Gasteiger partial charge in [-0.25, -0.2) is 4.98 Å². The number of carbonyl (C=O) groups is 1. The monoisotopic (exact) mass is 409 g/mol. The first-order chi connectivity index (χ1) is 14.2. The molecule has 1 saturated carbocycles. The number of imidazole rings is 1. The minimum Gasteiger partial charge on any atom is -0.494 e. The van der Waals surface area contributed by atoms with E-state index in [-0.39, 0.29) is 11.8 Å². The maximum absolute atomic E-state index is 12.5. The highest BCUT2D eigenvalue weighted by molar-refractivity contribution is 6.30. The van der Waals surface area contributed by atoms with Gasteiger partial charge in [-0.3, -0.25) is 4.79 Å². The van der Waals surface area contributed by atoms with E-state index in [1.54, 1.807) is 0 Å². The lowest BCUT2D eigenvalue weighted by atomic mass is 10.1. The van der Waals surface area contributed by atoms with Crippen molar-refractivity contribution in [3.05, 3.63) is 59.4 Å². The first kappa shape index (κ1) is 18.5. The first-order valence-corrected chi connectivity index (χ1v) is 10.7. The third-order valence-electron chi connectivity index (χ3n) is 5.80. The molecule has 3 aromatic rings. The molecule has 1 unspecified atom stereocenters. The molecule has 2 aromatic carbocycles. The Morgan fingerprint density at radius 1 is 1.10 bits per heavy atom. The molecule has 0 radical (unpaired) electrons. The predicted molar refractivity (Wildman–Crippen MR) is 113 cm³/mol. The average molecular weight is 410 g/mol. The van der Waals surface area contributed by atoms with Gasteiger partial charge < -0.3 is 14.2 Å². The van der Waals surface area contributed by atoms with Crippen LogP contribution in [-0.4, -0.2) is 39.6 Å². The van der Waals surface area contributed by atoms with E-state index < -0.39 is 0 Å². The SMILES string of the molecule is O=C1CC(c2nc3ccccc3n2CCCOc2ccc(Cl)cc2)CN1C1CC1. The molecule has 150 valence electrons. The molecule has 5 rings (SSSR count). The molecule has 1 amide bonds. The number of likely N-dealkylation sites (tertiary alicyclic amines) is 1. The Hall–Kier alpha value is -2.53. The van der Waals surface area contributed by atoms with Crippen molar-refractivity contribution in [2.24, 2.45) is 0 Å². The normalized spacial score (nSPS) is 19.3. The summed E-state index contributed by atoms with van der Waals surface area (Å²) in [4.78, 5) is 19.5. The maximum atomic E-state index is 12.5. The number of hydrogen-bond acceptors (Lipinski definition) is 3. The van der Waals surface area contributed by atoms with E-state index in [9.17, 15) is 4.79 Å². The van der Waals surface area contributed by atoms with E-state index in [2.05, 4.69) is 21.6 Å². The summed E-state index contributed by atoms with van der Waals surface area (Å²) in [5.41, 5.74) is 2.13. The molecular formula is C23H24ClN3O2. The number of carbonyl (C=O) groups excluding carboxylic acids is 1. The number of amides is 1. The van der Waals surface area contributed by atoms with Crippen LogP contribution < -0.4 is 4.74 Å². The molecule has 1 aliphatic heterocycles. The van der Waals surface area contributed by atoms with Crippen LogP contribution in [0.25, 0.3) is 11.0 Å². The highest BCUT2D eigenvalue weighted by Crippen LogP contribution is 2.37. The second-order valence-electron chi connectivity index (χ2n) is 7.94. The third kappa shape index (κ3) is 3.84. The van der Waals surface area contributed by atoms with Gasteiger partial charge in [-0.1, -0.05) is 23.7 Å². The van der Waals surface area contributed by atoms with Gasteiger partial charge in [0.15, 0.2) is 0 Å². The van der Waals surface area contributed by atoms with Crippen molar-refractivity contribution in [2.45, 2.75) is 44.2 Å². The van der Waals surface area contributed by atoms with Gasteiger partial charge >= 0.3 is 0 Å². The second kappa shape index (κ2) is 7.71. The zero-order valence-corrected chi connectivity index (χ0v) is 17.0. The van der Waals surface area contributed by atoms with Crippen molar-refractivity contribution in [1.29, 1.82) is 0 Å². The lowest BCUT2D eigenvalue weighted by molar-refractivity contribution is -0.128. The number of fused-ring (bicyclic) bond motifs is 1. The largest absolute Gasteiger partial charge is 0.494 e. The number of aryl methyl sites for hydroxylation is 1. The quantitative estimate of drug-likeness (QED) is 0.534. The lowest BCUT2D eigenvalue weighted by Crippen LogP contribution is -2.27. The standard InChI is InChI=1S/C23H24ClN3O2/c24-17-6-10-19(11-7-17)29-13-3-12-26-21-5-2-1-4-20(21)25-23(26)16-14-22(28)27(15-16)18-8-9-18/h1-2,4-7,10-11,16,18H,3,8-9,12-15H2. The first-order valence-electron chi connectivity index (χ1n) is 10.3. The van der Waals surface area contributed by atoms with E-state index in [0.717, 1.165) is 55.0 Å². The molecule has 0 N–H and O–H groups in total. The molecular weight excluding hydrogens is 386 g/mol. The van der Waals surface area contributed by atoms with E-state index in [4.69, 9.17) is 21.3 Å². The van der Waals surface area contributed by atoms with Gasteiger partial charge in [-0.05, 0) is 55.7 Å². The molecule has 2 fully saturated rings. The number of nitrogens with zero attached hydrogens (tertiary/aromatic N) is 3. The summed E-state index contributed by atoms with van der Waals surface area (Å²) in [6, 6.07) is 16.1. The Morgan fingerprint density at radius 3 is 2.69 bits per heavy atom. The number of aromatic nitrogens is 2. The maximum Gasteiger partial charge on any atom is 0.223 e. The van der Waals surface area contributed by atoms with Gasteiger partial charge in [0.25, 0.3) is 0 Å². The van der Waals surface area contributed by atoms with Crippen LogP contribution in [0.2, 0.25) is 5.02 Å². The van der Waals surface area contributed by atoms with Crippen LogP contribution in [0, 0.1) is 0 Å². The fraction of sp³-hybridized carbons (Fsp3) is 0.391. The lowest BCUT2D eigenvalue weighted by Gasteiger charge is -2.16. The van der Waals surface area contributed by atoms with E-state index >= 15 is 0 Å². The van der Waals surface area contributed by atoms with Crippen molar-refractivity contribution >= 4 is 28.5 Å². The zero-order valence-electron chi connectivity index (χ0n) is 16.3. The summed E-state index contributed by atoms with van der Waals surface area (Å²) in [6.07, 6.45) is 3.73. The summed E-state index contributed by atoms with van der Waals surface area (Å²) >= 11 is 5.93. The highest BCUT2D eigenvalue weighted by atomic mass is 35.5. The van der Waals surface area contributed by atoms with Gasteiger partial charge in [-0.2, -0.15) is 0 Å². The smallest absolute Gasteiger partial charge is 0.223 e. The second-order valence-corrected chi connectivity index (χ2v) is 8.38. The molecule has 0 bridgehead atoms. The number of hydrogen-bond donors (Lipinski definition) is 0. The average Bonchev–Trinajstić information content (AvgIpc) is 3.40. The molecule has 1 aliphatic carbocycles. The molecule has 0 spiro atoms. The highest BCUT2D eigenvalue weighted by Gasteiger charge is 2.41. The van der Waals surface area contributed by atoms with Crippen molar-refractivity contribution in [1.82, 2.24) is 14.5 Å². The minimum atomic E-state index is 0.174. The van der Waals surface area contributed by atoms with Gasteiger partial charge in [0.1, 0.15) is 11.6 Å². The number of ether oxygens (including phenoxy) is 1. The third-order valence-corrected chi connectivity index (χ3v) is 6.06. The van der Waals surface area contributed by atoms with Crippen LogP contribution in [0.5, 0.6) is 5.75 Å². The van der Waals surface area contributed by atoms with Gasteiger partial charge in [0, 0.05) is 36.5 Å². The summed E-state index contributed by atoms with van der Waals surface area (Å²) in [5, 5.41) is 0.707. The number of rotatable bonds is 7. The Morgan fingerprint density at radius 2 is 1.90 bits per heavy atom. The van der Waals surface area contributed by atoms with Gasteiger partial charge in [0.05, 0.1) is 17.6 Å². The Balaban J connectivity index is 1.31. The fourth-order valence-corrected chi connectivity index (χ4v) is 4.35. The van der Waals surface area contributed by atoms with E-state index in [1.165, 1.54) is 0 Å². The van der Waals surface area contributed by atoms with E-state index in [1.807, 2.05) is 36.4 Å². The van der Waals surface area contributed by atoms with Crippen LogP contribution in [0.15, 0.2) is 48.5 Å². The molecule has 29 heavy (non-hydrogen) atoms. The van der Waals surface area contributed by atoms with Gasteiger partial charge in [-0.15, -0.1) is 0 Å². The molecule has 2 heterocycles. The summed E-state index contributed by atoms with van der Waals surface area (Å²) < 4.78 is 8.14. The summed E-state index contributed by atoms with van der Waals surface area (Å²) in [6.45, 7) is 2.23. The van der Waals surface area contributed by atoms with Crippen LogP contribution >= 0.6 is 11.6 Å². The van der Waals surface area contributed by atoms with Crippen molar-refractivity contribution in [3.63, 3.8) is 0 Å². The van der Waals surface area contributed by atoms with Crippen molar-refractivity contribution in [2.75, 3.05) is 13.2 Å². The van der Waals surface area contributed by atoms with Crippen LogP contribution in [0.3, 0.4) is 0 Å². The molecule has 1 saturated heterocycles. The Kier molecular flexibility index (Phi) is 4.92. The molecule has 5 nitrogen and oxygen atoms in total. The topological polar surface area (TPSA) is 47.4 Å². The molecule has 6 heteroatoms. The predicted octanol–water partition coefficient (Wildman–Crippen LogP) is 4.64. The Labute approximate surface area is 175 Å². The Bertz CT molecular complexity index is 1030. The summed E-state index contributed by atoms with van der Waals surface area (Å²) in [7, 11) is 0. The number of benzene rings is 2. The van der Waals surface area contributed by atoms with Gasteiger partial charge in [0.2, 0.25) is 5.91 Å². The van der Waals surface area contributed by atoms with Crippen molar-refractivity contribution in [3.8, 4) is 5.75 Å². The summed E-state index contributed by atoms with van der Waals surface area (Å²) in [5.74, 6) is 2.32. The molecule has 2 aliphatic rings. The molecule has 1 atom stereocenters. The number of para-hydroxylation sites is 2.